The van der Waals surface area contributed by atoms with Crippen molar-refractivity contribution in [1.82, 2.24) is 18.2 Å². The van der Waals surface area contributed by atoms with Crippen LogP contribution in [0.25, 0.3) is 0 Å². The van der Waals surface area contributed by atoms with Crippen LogP contribution in [-0.2, 0) is 26.7 Å². The van der Waals surface area contributed by atoms with Gasteiger partial charge in [-0.25, -0.2) is 13.1 Å². The Morgan fingerprint density at radius 1 is 1.19 bits per heavy atom. The van der Waals surface area contributed by atoms with Crippen LogP contribution in [0, 0.1) is 5.92 Å². The molecule has 2 fully saturated rings. The molecule has 4 rings (SSSR count). The lowest BCUT2D eigenvalue weighted by molar-refractivity contribution is 0.0220. The van der Waals surface area contributed by atoms with Crippen molar-refractivity contribution in [1.29, 1.82) is 0 Å². The predicted molar refractivity (Wildman–Crippen MR) is 129 cm³/mol. The van der Waals surface area contributed by atoms with Crippen LogP contribution in [-0.4, -0.2) is 82.4 Å². The summed E-state index contributed by atoms with van der Waals surface area (Å²) in [7, 11) is -4.10. The highest BCUT2D eigenvalue weighted by Crippen LogP contribution is 2.44. The van der Waals surface area contributed by atoms with E-state index < -0.39 is 20.2 Å². The fraction of sp³-hybridized carbons (Fsp3) is 0.714. The summed E-state index contributed by atoms with van der Waals surface area (Å²) in [6.07, 6.45) is 4.07. The molecule has 1 aromatic rings. The summed E-state index contributed by atoms with van der Waals surface area (Å²) in [6, 6.07) is 6.75. The molecule has 11 heteroatoms. The maximum Gasteiger partial charge on any atom is 0.278 e. The number of piperidine rings is 2. The summed E-state index contributed by atoms with van der Waals surface area (Å²) in [5, 5.41) is 0. The van der Waals surface area contributed by atoms with Crippen LogP contribution in [0.3, 0.4) is 0 Å². The minimum Gasteiger partial charge on any atom is -0.296 e. The summed E-state index contributed by atoms with van der Waals surface area (Å²) in [4.78, 5) is 2.55. The van der Waals surface area contributed by atoms with Crippen LogP contribution in [0.15, 0.2) is 22.7 Å². The standard InChI is InChI=1S/C21H33BrN4O4S2/c1-24(2)32(29,30)23-9-4-12-31(27,28)26-10-3-5-17-15-25-11-8-16-13-18(22)6-7-19(16)21(25)14-20(17)26/h6-7,13,17,20-21,23H,3-5,8-12,14-15H2,1-2H3/t17-,20+,21-/m0/s1. The summed E-state index contributed by atoms with van der Waals surface area (Å²) in [6.45, 7) is 2.64. The number of nitrogens with zero attached hydrogens (tertiary/aromatic N) is 3. The molecule has 3 atom stereocenters. The quantitative estimate of drug-likeness (QED) is 0.526. The van der Waals surface area contributed by atoms with Gasteiger partial charge in [0.1, 0.15) is 0 Å². The molecule has 0 aromatic heterocycles. The van der Waals surface area contributed by atoms with Crippen molar-refractivity contribution in [3.05, 3.63) is 33.8 Å². The second-order valence-electron chi connectivity index (χ2n) is 9.27. The Kier molecular flexibility index (Phi) is 7.36. The van der Waals surface area contributed by atoms with Gasteiger partial charge in [-0.05, 0) is 61.3 Å². The minimum absolute atomic E-state index is 0.0167. The highest BCUT2D eigenvalue weighted by molar-refractivity contribution is 9.10. The van der Waals surface area contributed by atoms with E-state index in [4.69, 9.17) is 0 Å². The molecule has 0 saturated carbocycles. The van der Waals surface area contributed by atoms with Crippen LogP contribution < -0.4 is 4.72 Å². The van der Waals surface area contributed by atoms with Crippen LogP contribution in [0.1, 0.15) is 42.9 Å². The Morgan fingerprint density at radius 2 is 1.97 bits per heavy atom. The zero-order chi connectivity index (χ0) is 23.1. The highest BCUT2D eigenvalue weighted by Gasteiger charge is 2.45. The average Bonchev–Trinajstić information content (AvgIpc) is 2.74. The molecule has 3 aliphatic rings. The summed E-state index contributed by atoms with van der Waals surface area (Å²) in [5.41, 5.74) is 2.69. The first-order valence-electron chi connectivity index (χ1n) is 11.3. The SMILES string of the molecule is CN(C)S(=O)(=O)NCCCS(=O)(=O)N1CCC[C@H]2CN3CCc4cc(Br)ccc4[C@@H]3C[C@H]21. The molecule has 32 heavy (non-hydrogen) atoms. The van der Waals surface area contributed by atoms with Crippen LogP contribution >= 0.6 is 15.9 Å². The van der Waals surface area contributed by atoms with Gasteiger partial charge >= 0.3 is 0 Å². The van der Waals surface area contributed by atoms with Gasteiger partial charge in [0.2, 0.25) is 10.0 Å². The fourth-order valence-electron chi connectivity index (χ4n) is 5.43. The van der Waals surface area contributed by atoms with E-state index in [1.54, 1.807) is 4.31 Å². The van der Waals surface area contributed by atoms with Crippen molar-refractivity contribution >= 4 is 36.2 Å². The number of halogens is 1. The van der Waals surface area contributed by atoms with Gasteiger partial charge in [-0.3, -0.25) is 4.90 Å². The number of hydrogen-bond donors (Lipinski definition) is 1. The molecule has 3 aliphatic heterocycles. The van der Waals surface area contributed by atoms with Gasteiger partial charge in [-0.1, -0.05) is 22.0 Å². The normalized spacial score (nSPS) is 27.1. The molecule has 0 amide bonds. The van der Waals surface area contributed by atoms with Gasteiger partial charge in [0.05, 0.1) is 5.75 Å². The Hall–Kier alpha value is -0.560. The first-order valence-corrected chi connectivity index (χ1v) is 15.1. The maximum atomic E-state index is 13.3. The lowest BCUT2D eigenvalue weighted by Gasteiger charge is -2.51. The number of rotatable bonds is 7. The zero-order valence-electron chi connectivity index (χ0n) is 18.7. The number of nitrogens with one attached hydrogen (secondary N) is 1. The largest absolute Gasteiger partial charge is 0.296 e. The van der Waals surface area contributed by atoms with Gasteiger partial charge in [-0.2, -0.15) is 17.0 Å². The third kappa shape index (κ3) is 5.08. The number of fused-ring (bicyclic) bond motifs is 4. The maximum absolute atomic E-state index is 13.3. The molecule has 2 saturated heterocycles. The van der Waals surface area contributed by atoms with Gasteiger partial charge in [0.15, 0.2) is 0 Å². The molecule has 3 heterocycles. The van der Waals surface area contributed by atoms with E-state index in [1.807, 2.05) is 0 Å². The molecule has 8 nitrogen and oxygen atoms in total. The molecule has 180 valence electrons. The van der Waals surface area contributed by atoms with E-state index in [-0.39, 0.29) is 30.8 Å². The molecule has 0 spiro atoms. The van der Waals surface area contributed by atoms with E-state index >= 15 is 0 Å². The molecule has 0 bridgehead atoms. The topological polar surface area (TPSA) is 90.0 Å². The predicted octanol–water partition coefficient (Wildman–Crippen LogP) is 1.95. The van der Waals surface area contributed by atoms with Crippen molar-refractivity contribution in [2.24, 2.45) is 5.92 Å². The van der Waals surface area contributed by atoms with Crippen LogP contribution in [0.4, 0.5) is 0 Å². The molecule has 0 aliphatic carbocycles. The second kappa shape index (κ2) is 9.59. The Bertz CT molecular complexity index is 1050. The summed E-state index contributed by atoms with van der Waals surface area (Å²) >= 11 is 3.57. The molecular weight excluding hydrogens is 516 g/mol. The van der Waals surface area contributed by atoms with Gasteiger partial charge < -0.3 is 0 Å². The van der Waals surface area contributed by atoms with Crippen molar-refractivity contribution in [3.63, 3.8) is 0 Å². The Balaban J connectivity index is 1.45. The van der Waals surface area contributed by atoms with E-state index in [0.717, 1.165) is 47.6 Å². The Morgan fingerprint density at radius 3 is 2.72 bits per heavy atom. The first-order chi connectivity index (χ1) is 15.1. The number of sulfonamides is 1. The summed E-state index contributed by atoms with van der Waals surface area (Å²) < 4.78 is 56.6. The number of benzene rings is 1. The summed E-state index contributed by atoms with van der Waals surface area (Å²) in [5.74, 6) is 0.323. The lowest BCUT2D eigenvalue weighted by atomic mass is 9.77. The van der Waals surface area contributed by atoms with Gasteiger partial charge in [0.25, 0.3) is 10.2 Å². The average molecular weight is 550 g/mol. The Labute approximate surface area is 200 Å². The number of hydrogen-bond acceptors (Lipinski definition) is 5. The lowest BCUT2D eigenvalue weighted by Crippen LogP contribution is -2.57. The third-order valence-electron chi connectivity index (χ3n) is 7.08. The minimum atomic E-state index is -3.54. The third-order valence-corrected chi connectivity index (χ3v) is 11.1. The molecule has 0 unspecified atom stereocenters. The van der Waals surface area contributed by atoms with Crippen molar-refractivity contribution in [2.75, 3.05) is 46.0 Å². The smallest absolute Gasteiger partial charge is 0.278 e. The molecule has 0 radical (unpaired) electrons. The monoisotopic (exact) mass is 548 g/mol. The van der Waals surface area contributed by atoms with E-state index in [9.17, 15) is 16.8 Å². The van der Waals surface area contributed by atoms with Crippen LogP contribution in [0.2, 0.25) is 0 Å². The van der Waals surface area contributed by atoms with Crippen molar-refractivity contribution in [3.8, 4) is 0 Å². The van der Waals surface area contributed by atoms with E-state index in [1.165, 1.54) is 25.2 Å². The van der Waals surface area contributed by atoms with E-state index in [2.05, 4.69) is 43.8 Å². The van der Waals surface area contributed by atoms with E-state index in [0.29, 0.717) is 12.5 Å². The van der Waals surface area contributed by atoms with Crippen molar-refractivity contribution in [2.45, 2.75) is 44.2 Å². The highest BCUT2D eigenvalue weighted by atomic mass is 79.9. The first kappa shape index (κ1) is 24.6. The molecule has 1 aromatic carbocycles. The molecule has 1 N–H and O–H groups in total. The van der Waals surface area contributed by atoms with Gasteiger partial charge in [-0.15, -0.1) is 0 Å². The van der Waals surface area contributed by atoms with Gasteiger partial charge in [0, 0.05) is 56.8 Å². The van der Waals surface area contributed by atoms with Crippen LogP contribution in [0.5, 0.6) is 0 Å². The molecular formula is C21H33BrN4O4S2. The zero-order valence-corrected chi connectivity index (χ0v) is 21.9. The second-order valence-corrected chi connectivity index (χ2v) is 14.2. The van der Waals surface area contributed by atoms with Crippen molar-refractivity contribution < 1.29 is 16.8 Å². The fourth-order valence-corrected chi connectivity index (χ4v) is 8.32.